The molecule has 0 spiro atoms. The lowest BCUT2D eigenvalue weighted by atomic mass is 10.1. The lowest BCUT2D eigenvalue weighted by molar-refractivity contribution is -0.141. The molecule has 7 heteroatoms. The van der Waals surface area contributed by atoms with Gasteiger partial charge < -0.3 is 5.32 Å². The van der Waals surface area contributed by atoms with Gasteiger partial charge in [0.25, 0.3) is 0 Å². The normalized spacial score (nSPS) is 18.4. The van der Waals surface area contributed by atoms with Gasteiger partial charge in [0, 0.05) is 0 Å². The molecule has 4 nitrogen and oxygen atoms in total. The number of carbonyl (C=O) groups excluding carboxylic acids is 1. The molecule has 1 aliphatic rings. The molecular formula is C15H12F3N3O. The van der Waals surface area contributed by atoms with Crippen molar-refractivity contribution in [2.24, 2.45) is 0 Å². The Morgan fingerprint density at radius 2 is 1.86 bits per heavy atom. The predicted octanol–water partition coefficient (Wildman–Crippen LogP) is 3.37. The minimum absolute atomic E-state index is 0.198. The van der Waals surface area contributed by atoms with Crippen LogP contribution in [-0.2, 0) is 6.18 Å². The second kappa shape index (κ2) is 5.32. The quantitative estimate of drug-likeness (QED) is 0.924. The highest BCUT2D eigenvalue weighted by Gasteiger charge is 2.34. The molecule has 1 aromatic heterocycles. The van der Waals surface area contributed by atoms with Crippen LogP contribution < -0.4 is 10.2 Å². The number of amides is 2. The molecule has 0 saturated carbocycles. The third kappa shape index (κ3) is 2.74. The summed E-state index contributed by atoms with van der Waals surface area (Å²) in [6.45, 7) is 0.343. The molecule has 1 saturated heterocycles. The molecule has 0 bridgehead atoms. The number of hydrogen-bond donors (Lipinski definition) is 1. The zero-order valence-electron chi connectivity index (χ0n) is 11.3. The van der Waals surface area contributed by atoms with E-state index in [0.717, 1.165) is 17.8 Å². The van der Waals surface area contributed by atoms with Gasteiger partial charge in [0.15, 0.2) is 0 Å². The highest BCUT2D eigenvalue weighted by atomic mass is 19.4. The van der Waals surface area contributed by atoms with Crippen LogP contribution in [-0.4, -0.2) is 17.6 Å². The fourth-order valence-electron chi connectivity index (χ4n) is 2.35. The van der Waals surface area contributed by atoms with Gasteiger partial charge in [-0.25, -0.2) is 9.78 Å². The lowest BCUT2D eigenvalue weighted by Crippen LogP contribution is -2.28. The van der Waals surface area contributed by atoms with Crippen molar-refractivity contribution in [1.29, 1.82) is 0 Å². The second-order valence-electron chi connectivity index (χ2n) is 4.92. The number of hydrogen-bond acceptors (Lipinski definition) is 2. The zero-order chi connectivity index (χ0) is 15.7. The minimum atomic E-state index is -4.49. The topological polar surface area (TPSA) is 45.2 Å². The molecule has 2 aromatic rings. The van der Waals surface area contributed by atoms with Crippen LogP contribution in [0, 0.1) is 0 Å². The molecule has 3 rings (SSSR count). The molecule has 22 heavy (non-hydrogen) atoms. The molecule has 2 amide bonds. The molecular weight excluding hydrogens is 295 g/mol. The Labute approximate surface area is 124 Å². The molecule has 1 fully saturated rings. The summed E-state index contributed by atoms with van der Waals surface area (Å²) in [5, 5.41) is 2.80. The standard InChI is InChI=1S/C15H12F3N3O/c16-15(17,18)13-7-6-11(8-19-13)21-9-12(20-14(21)22)10-4-2-1-3-5-10/h1-8,12H,9H2,(H,20,22)/t12-/m1/s1. The van der Waals surface area contributed by atoms with E-state index in [1.807, 2.05) is 30.3 Å². The van der Waals surface area contributed by atoms with Gasteiger partial charge >= 0.3 is 12.2 Å². The van der Waals surface area contributed by atoms with Gasteiger partial charge in [-0.05, 0) is 17.7 Å². The summed E-state index contributed by atoms with van der Waals surface area (Å²) in [5.41, 5.74) is 0.303. The second-order valence-corrected chi connectivity index (χ2v) is 4.92. The van der Waals surface area contributed by atoms with Crippen LogP contribution in [0.5, 0.6) is 0 Å². The van der Waals surface area contributed by atoms with Crippen LogP contribution in [0.2, 0.25) is 0 Å². The van der Waals surface area contributed by atoms with Gasteiger partial charge in [-0.1, -0.05) is 30.3 Å². The van der Waals surface area contributed by atoms with Gasteiger partial charge in [0.1, 0.15) is 5.69 Å². The van der Waals surface area contributed by atoms with Crippen molar-refractivity contribution < 1.29 is 18.0 Å². The summed E-state index contributed by atoms with van der Waals surface area (Å²) in [4.78, 5) is 16.8. The largest absolute Gasteiger partial charge is 0.433 e. The Hall–Kier alpha value is -2.57. The van der Waals surface area contributed by atoms with E-state index in [1.165, 1.54) is 11.0 Å². The molecule has 1 aromatic carbocycles. The maximum Gasteiger partial charge on any atom is 0.433 e. The van der Waals surface area contributed by atoms with Crippen LogP contribution in [0.1, 0.15) is 17.3 Å². The minimum Gasteiger partial charge on any atom is -0.329 e. The Morgan fingerprint density at radius 3 is 2.45 bits per heavy atom. The smallest absolute Gasteiger partial charge is 0.329 e. The molecule has 0 aliphatic carbocycles. The summed E-state index contributed by atoms with van der Waals surface area (Å²) < 4.78 is 37.5. The summed E-state index contributed by atoms with van der Waals surface area (Å²) in [7, 11) is 0. The first kappa shape index (κ1) is 14.4. The number of aromatic nitrogens is 1. The Kier molecular flexibility index (Phi) is 3.48. The first-order chi connectivity index (χ1) is 10.4. The Balaban J connectivity index is 1.80. The van der Waals surface area contributed by atoms with Crippen molar-refractivity contribution >= 4 is 11.7 Å². The van der Waals surface area contributed by atoms with E-state index in [1.54, 1.807) is 0 Å². The van der Waals surface area contributed by atoms with Crippen molar-refractivity contribution in [2.75, 3.05) is 11.4 Å². The van der Waals surface area contributed by atoms with Crippen molar-refractivity contribution in [3.63, 3.8) is 0 Å². The number of nitrogens with zero attached hydrogens (tertiary/aromatic N) is 2. The summed E-state index contributed by atoms with van der Waals surface area (Å²) >= 11 is 0. The van der Waals surface area contributed by atoms with E-state index in [-0.39, 0.29) is 12.1 Å². The van der Waals surface area contributed by atoms with E-state index in [9.17, 15) is 18.0 Å². The molecule has 2 heterocycles. The molecule has 114 valence electrons. The summed E-state index contributed by atoms with van der Waals surface area (Å²) in [6.07, 6.45) is -3.42. The van der Waals surface area contributed by atoms with Crippen molar-refractivity contribution in [1.82, 2.24) is 10.3 Å². The maximum atomic E-state index is 12.5. The van der Waals surface area contributed by atoms with Gasteiger partial charge in [0.05, 0.1) is 24.5 Å². The highest BCUT2D eigenvalue weighted by Crippen LogP contribution is 2.30. The monoisotopic (exact) mass is 307 g/mol. The van der Waals surface area contributed by atoms with Gasteiger partial charge in [0.2, 0.25) is 0 Å². The van der Waals surface area contributed by atoms with Gasteiger partial charge in [-0.2, -0.15) is 13.2 Å². The van der Waals surface area contributed by atoms with Crippen molar-refractivity contribution in [3.05, 3.63) is 59.9 Å². The molecule has 0 radical (unpaired) electrons. The first-order valence-electron chi connectivity index (χ1n) is 6.61. The third-order valence-electron chi connectivity index (χ3n) is 3.46. The van der Waals surface area contributed by atoms with E-state index < -0.39 is 11.9 Å². The van der Waals surface area contributed by atoms with Crippen LogP contribution in [0.15, 0.2) is 48.7 Å². The SMILES string of the molecule is O=C1N[C@@H](c2ccccc2)CN1c1ccc(C(F)(F)F)nc1. The highest BCUT2D eigenvalue weighted by molar-refractivity contribution is 5.94. The van der Waals surface area contributed by atoms with Gasteiger partial charge in [-0.3, -0.25) is 4.90 Å². The Morgan fingerprint density at radius 1 is 1.14 bits per heavy atom. The number of halogens is 3. The van der Waals surface area contributed by atoms with Crippen LogP contribution >= 0.6 is 0 Å². The summed E-state index contributed by atoms with van der Waals surface area (Å²) in [6, 6.07) is 11.0. The van der Waals surface area contributed by atoms with Crippen molar-refractivity contribution in [2.45, 2.75) is 12.2 Å². The number of pyridine rings is 1. The first-order valence-corrected chi connectivity index (χ1v) is 6.61. The number of nitrogens with one attached hydrogen (secondary N) is 1. The number of benzene rings is 1. The van der Waals surface area contributed by atoms with E-state index in [2.05, 4.69) is 10.3 Å². The van der Waals surface area contributed by atoms with E-state index in [4.69, 9.17) is 0 Å². The maximum absolute atomic E-state index is 12.5. The summed E-state index contributed by atoms with van der Waals surface area (Å²) in [5.74, 6) is 0. The zero-order valence-corrected chi connectivity index (χ0v) is 11.3. The average molecular weight is 307 g/mol. The molecule has 1 atom stereocenters. The number of alkyl halides is 3. The number of anilines is 1. The average Bonchev–Trinajstić information content (AvgIpc) is 2.89. The number of urea groups is 1. The van der Waals surface area contributed by atoms with Crippen molar-refractivity contribution in [3.8, 4) is 0 Å². The van der Waals surface area contributed by atoms with Crippen LogP contribution in [0.3, 0.4) is 0 Å². The van der Waals surface area contributed by atoms with Gasteiger partial charge in [-0.15, -0.1) is 0 Å². The van der Waals surface area contributed by atoms with E-state index >= 15 is 0 Å². The van der Waals surface area contributed by atoms with Crippen LogP contribution in [0.4, 0.5) is 23.7 Å². The molecule has 0 unspecified atom stereocenters. The molecule has 1 N–H and O–H groups in total. The number of carbonyl (C=O) groups is 1. The van der Waals surface area contributed by atoms with E-state index in [0.29, 0.717) is 12.2 Å². The fraction of sp³-hybridized carbons (Fsp3) is 0.200. The third-order valence-corrected chi connectivity index (χ3v) is 3.46. The fourth-order valence-corrected chi connectivity index (χ4v) is 2.35. The molecule has 1 aliphatic heterocycles. The van der Waals surface area contributed by atoms with Crippen LogP contribution in [0.25, 0.3) is 0 Å². The predicted molar refractivity (Wildman–Crippen MR) is 74.3 cm³/mol. The Bertz CT molecular complexity index is 671. The number of rotatable bonds is 2. The lowest BCUT2D eigenvalue weighted by Gasteiger charge is -2.15.